The Labute approximate surface area is 183 Å². The van der Waals surface area contributed by atoms with Crippen LogP contribution in [0.25, 0.3) is 11.3 Å². The van der Waals surface area contributed by atoms with Crippen LogP contribution in [-0.2, 0) is 0 Å². The lowest BCUT2D eigenvalue weighted by molar-refractivity contribution is 0.122. The number of piperidine rings is 1. The molecule has 5 rings (SSSR count). The Balaban J connectivity index is 0.00000205. The molecule has 2 aliphatic rings. The van der Waals surface area contributed by atoms with Crippen molar-refractivity contribution in [2.75, 3.05) is 7.05 Å². The smallest absolute Gasteiger partial charge is 0.142 e. The van der Waals surface area contributed by atoms with E-state index in [9.17, 15) is 0 Å². The number of aryl methyl sites for hydroxylation is 1. The molecule has 3 heterocycles. The van der Waals surface area contributed by atoms with E-state index in [0.29, 0.717) is 23.9 Å². The third-order valence-electron chi connectivity index (χ3n) is 6.81. The summed E-state index contributed by atoms with van der Waals surface area (Å²) in [6.45, 7) is 2.09. The van der Waals surface area contributed by atoms with Gasteiger partial charge in [-0.3, -0.25) is 4.90 Å². The number of hydrogen-bond acceptors (Lipinski definition) is 3. The number of benzene rings is 2. The molecule has 2 aromatic carbocycles. The van der Waals surface area contributed by atoms with Gasteiger partial charge in [0, 0.05) is 34.7 Å². The lowest BCUT2D eigenvalue weighted by atomic mass is 9.74. The van der Waals surface area contributed by atoms with Gasteiger partial charge in [-0.25, -0.2) is 0 Å². The van der Waals surface area contributed by atoms with Crippen LogP contribution < -0.4 is 0 Å². The summed E-state index contributed by atoms with van der Waals surface area (Å²) in [6, 6.07) is 20.1. The molecule has 4 atom stereocenters. The molecule has 5 heteroatoms. The van der Waals surface area contributed by atoms with Gasteiger partial charge in [0.1, 0.15) is 11.5 Å². The maximum Gasteiger partial charge on any atom is 0.142 e. The van der Waals surface area contributed by atoms with Crippen molar-refractivity contribution in [1.29, 1.82) is 0 Å². The Kier molecular flexibility index (Phi) is 5.74. The van der Waals surface area contributed by atoms with E-state index in [-0.39, 0.29) is 12.4 Å². The van der Waals surface area contributed by atoms with Crippen LogP contribution in [0.15, 0.2) is 59.1 Å². The average molecular weight is 429 g/mol. The Morgan fingerprint density at radius 3 is 2.62 bits per heavy atom. The molecule has 0 spiro atoms. The molecule has 2 bridgehead atoms. The van der Waals surface area contributed by atoms with Gasteiger partial charge >= 0.3 is 0 Å². The maximum absolute atomic E-state index is 6.30. The van der Waals surface area contributed by atoms with Crippen LogP contribution in [0.2, 0.25) is 5.02 Å². The quantitative estimate of drug-likeness (QED) is 0.479. The minimum Gasteiger partial charge on any atom is -0.360 e. The van der Waals surface area contributed by atoms with Gasteiger partial charge in [-0.1, -0.05) is 59.2 Å². The van der Waals surface area contributed by atoms with E-state index >= 15 is 0 Å². The van der Waals surface area contributed by atoms with Crippen LogP contribution >= 0.6 is 24.0 Å². The van der Waals surface area contributed by atoms with Crippen LogP contribution in [0.5, 0.6) is 0 Å². The topological polar surface area (TPSA) is 29.3 Å². The fourth-order valence-corrected chi connectivity index (χ4v) is 5.40. The van der Waals surface area contributed by atoms with Gasteiger partial charge in [-0.05, 0) is 56.3 Å². The molecule has 1 aromatic heterocycles. The first-order valence-electron chi connectivity index (χ1n) is 10.1. The lowest BCUT2D eigenvalue weighted by Crippen LogP contribution is -2.44. The number of hydrogen-bond donors (Lipinski definition) is 0. The molecule has 3 aromatic rings. The van der Waals surface area contributed by atoms with Crippen molar-refractivity contribution >= 4 is 24.0 Å². The molecule has 2 fully saturated rings. The molecule has 0 N–H and O–H groups in total. The number of likely N-dealkylation sites (N-methyl/N-ethyl adjacent to an activating group) is 1. The zero-order valence-corrected chi connectivity index (χ0v) is 18.3. The van der Waals surface area contributed by atoms with E-state index in [1.54, 1.807) is 0 Å². The number of halogens is 2. The summed E-state index contributed by atoms with van der Waals surface area (Å²) in [5.74, 6) is 1.75. The average Bonchev–Trinajstić information content (AvgIpc) is 3.28. The zero-order chi connectivity index (χ0) is 19.3. The van der Waals surface area contributed by atoms with E-state index in [1.807, 2.05) is 24.3 Å². The Morgan fingerprint density at radius 1 is 1.07 bits per heavy atom. The monoisotopic (exact) mass is 428 g/mol. The van der Waals surface area contributed by atoms with Crippen molar-refractivity contribution in [1.82, 2.24) is 10.1 Å². The van der Waals surface area contributed by atoms with Crippen molar-refractivity contribution in [3.8, 4) is 11.3 Å². The second-order valence-corrected chi connectivity index (χ2v) is 8.73. The normalized spacial score (nSPS) is 26.3. The molecule has 0 aliphatic carbocycles. The van der Waals surface area contributed by atoms with Crippen LogP contribution in [0.3, 0.4) is 0 Å². The molecule has 29 heavy (non-hydrogen) atoms. The highest BCUT2D eigenvalue weighted by Gasteiger charge is 2.48. The molecule has 3 nitrogen and oxygen atoms in total. The van der Waals surface area contributed by atoms with Crippen molar-refractivity contribution in [3.63, 3.8) is 0 Å². The predicted molar refractivity (Wildman–Crippen MR) is 120 cm³/mol. The first kappa shape index (κ1) is 20.5. The van der Waals surface area contributed by atoms with Crippen LogP contribution in [-0.4, -0.2) is 29.2 Å². The van der Waals surface area contributed by atoms with Crippen molar-refractivity contribution in [2.45, 2.75) is 50.1 Å². The fourth-order valence-electron chi connectivity index (χ4n) is 5.29. The standard InChI is InChI=1S/C24H25ClN2O.ClH/c1-15-12-17(8-10-20(15)25)19-13-18-9-11-22(27(18)2)24(19)23-14-21(26-28-23)16-6-4-3-5-7-16;/h3-8,10,12,14,18-19,22,24H,9,11,13H2,1-2H3;1H/t18-,19+,22+,24-;/m0./s1. The molecule has 0 unspecified atom stereocenters. The van der Waals surface area contributed by atoms with Crippen molar-refractivity contribution < 1.29 is 4.52 Å². The Hall–Kier alpha value is -1.81. The highest BCUT2D eigenvalue weighted by atomic mass is 35.5. The minimum atomic E-state index is 0. The van der Waals surface area contributed by atoms with Gasteiger partial charge in [0.25, 0.3) is 0 Å². The summed E-state index contributed by atoms with van der Waals surface area (Å²) in [5, 5.41) is 5.25. The second kappa shape index (κ2) is 8.14. The van der Waals surface area contributed by atoms with Gasteiger partial charge in [0.05, 0.1) is 0 Å². The highest BCUT2D eigenvalue weighted by Crippen LogP contribution is 2.51. The molecular formula is C24H26Cl2N2O. The van der Waals surface area contributed by atoms with E-state index in [0.717, 1.165) is 34.0 Å². The molecule has 0 radical (unpaired) electrons. The van der Waals surface area contributed by atoms with Gasteiger partial charge in [-0.15, -0.1) is 12.4 Å². The molecule has 2 aliphatic heterocycles. The summed E-state index contributed by atoms with van der Waals surface area (Å²) >= 11 is 6.30. The Morgan fingerprint density at radius 2 is 1.86 bits per heavy atom. The maximum atomic E-state index is 6.30. The highest BCUT2D eigenvalue weighted by molar-refractivity contribution is 6.31. The molecular weight excluding hydrogens is 403 g/mol. The summed E-state index contributed by atoms with van der Waals surface area (Å²) < 4.78 is 5.96. The molecule has 0 amide bonds. The van der Waals surface area contributed by atoms with Crippen LogP contribution in [0, 0.1) is 6.92 Å². The fraction of sp³-hybridized carbons (Fsp3) is 0.375. The zero-order valence-electron chi connectivity index (χ0n) is 16.7. The summed E-state index contributed by atoms with van der Waals surface area (Å²) in [5.41, 5.74) is 4.54. The van der Waals surface area contributed by atoms with E-state index in [4.69, 9.17) is 16.1 Å². The summed E-state index contributed by atoms with van der Waals surface area (Å²) in [6.07, 6.45) is 3.64. The third-order valence-corrected chi connectivity index (χ3v) is 7.23. The van der Waals surface area contributed by atoms with Gasteiger partial charge in [-0.2, -0.15) is 0 Å². The number of rotatable bonds is 3. The van der Waals surface area contributed by atoms with Crippen LogP contribution in [0.1, 0.15) is 48.0 Å². The molecule has 2 saturated heterocycles. The van der Waals surface area contributed by atoms with Gasteiger partial charge in [0.15, 0.2) is 0 Å². The molecule has 0 saturated carbocycles. The van der Waals surface area contributed by atoms with Crippen LogP contribution in [0.4, 0.5) is 0 Å². The second-order valence-electron chi connectivity index (χ2n) is 8.32. The number of aromatic nitrogens is 1. The lowest BCUT2D eigenvalue weighted by Gasteiger charge is -2.42. The number of fused-ring (bicyclic) bond motifs is 2. The van der Waals surface area contributed by atoms with Crippen molar-refractivity contribution in [3.05, 3.63) is 76.5 Å². The summed E-state index contributed by atoms with van der Waals surface area (Å²) in [4.78, 5) is 2.56. The van der Waals surface area contributed by atoms with Crippen molar-refractivity contribution in [2.24, 2.45) is 0 Å². The minimum absolute atomic E-state index is 0. The van der Waals surface area contributed by atoms with Gasteiger partial charge in [0.2, 0.25) is 0 Å². The Bertz CT molecular complexity index is 988. The SMILES string of the molecule is Cc1cc([C@H]2C[C@@H]3CC[C@H]([C@H]2c2cc(-c4ccccc4)no2)N3C)ccc1Cl.Cl. The third kappa shape index (κ3) is 3.61. The summed E-state index contributed by atoms with van der Waals surface area (Å²) in [7, 11) is 2.27. The predicted octanol–water partition coefficient (Wildman–Crippen LogP) is 6.46. The van der Waals surface area contributed by atoms with E-state index in [1.165, 1.54) is 18.4 Å². The molecule has 152 valence electrons. The first-order valence-corrected chi connectivity index (χ1v) is 10.5. The van der Waals surface area contributed by atoms with E-state index in [2.05, 4.69) is 54.4 Å². The largest absolute Gasteiger partial charge is 0.360 e. The number of nitrogens with zero attached hydrogens (tertiary/aromatic N) is 2. The van der Waals surface area contributed by atoms with E-state index < -0.39 is 0 Å². The van der Waals surface area contributed by atoms with Gasteiger partial charge < -0.3 is 4.52 Å². The first-order chi connectivity index (χ1) is 13.6.